The highest BCUT2D eigenvalue weighted by molar-refractivity contribution is 7.98. The van der Waals surface area contributed by atoms with Crippen molar-refractivity contribution in [1.82, 2.24) is 14.1 Å². The number of pyridine rings is 1. The van der Waals surface area contributed by atoms with Crippen molar-refractivity contribution in [3.05, 3.63) is 107 Å². The van der Waals surface area contributed by atoms with E-state index in [2.05, 4.69) is 10.3 Å². The van der Waals surface area contributed by atoms with Gasteiger partial charge in [-0.15, -0.1) is 0 Å². The molecule has 150 valence electrons. The molecule has 1 amide bonds. The average molecular weight is 417 g/mol. The minimum atomic E-state index is -0.177. The van der Waals surface area contributed by atoms with Crippen LogP contribution in [0.1, 0.15) is 15.9 Å². The molecule has 30 heavy (non-hydrogen) atoms. The van der Waals surface area contributed by atoms with Crippen LogP contribution in [0.15, 0.2) is 95.3 Å². The largest absolute Gasteiger partial charge is 0.322 e. The van der Waals surface area contributed by atoms with Crippen LogP contribution in [-0.4, -0.2) is 26.3 Å². The summed E-state index contributed by atoms with van der Waals surface area (Å²) in [5, 5.41) is 3.80. The molecule has 6 nitrogen and oxygen atoms in total. The highest BCUT2D eigenvalue weighted by Gasteiger charge is 2.08. The molecule has 0 aliphatic rings. The summed E-state index contributed by atoms with van der Waals surface area (Å²) in [5.41, 5.74) is 3.17. The molecular formula is C23H20N4O2S. The number of thioether (sulfide) groups is 1. The first-order valence-electron chi connectivity index (χ1n) is 9.37. The summed E-state index contributed by atoms with van der Waals surface area (Å²) in [5.74, 6) is -0.177. The quantitative estimate of drug-likeness (QED) is 0.482. The van der Waals surface area contributed by atoms with Gasteiger partial charge in [-0.3, -0.25) is 14.2 Å². The maximum atomic E-state index is 12.6. The summed E-state index contributed by atoms with van der Waals surface area (Å²) >= 11 is 1.57. The van der Waals surface area contributed by atoms with Crippen molar-refractivity contribution in [2.75, 3.05) is 11.6 Å². The first-order chi connectivity index (χ1) is 14.6. The van der Waals surface area contributed by atoms with Gasteiger partial charge in [-0.25, -0.2) is 4.98 Å². The number of anilines is 1. The second-order valence-corrected chi connectivity index (χ2v) is 7.42. The van der Waals surface area contributed by atoms with Crippen molar-refractivity contribution < 1.29 is 4.79 Å². The van der Waals surface area contributed by atoms with E-state index in [9.17, 15) is 9.59 Å². The summed E-state index contributed by atoms with van der Waals surface area (Å²) in [4.78, 5) is 28.7. The fourth-order valence-corrected chi connectivity index (χ4v) is 3.62. The molecule has 0 aliphatic carbocycles. The lowest BCUT2D eigenvalue weighted by Crippen LogP contribution is -2.18. The number of nitrogens with zero attached hydrogens (tertiary/aromatic N) is 3. The second-order valence-electron chi connectivity index (χ2n) is 6.65. The smallest absolute Gasteiger partial charge is 0.255 e. The molecule has 2 aromatic carbocycles. The average Bonchev–Trinajstić information content (AvgIpc) is 3.26. The first kappa shape index (κ1) is 19.7. The number of imidazole rings is 1. The number of aromatic nitrogens is 3. The number of amides is 1. The zero-order chi connectivity index (χ0) is 20.9. The Labute approximate surface area is 178 Å². The molecule has 0 fully saturated rings. The summed E-state index contributed by atoms with van der Waals surface area (Å²) in [6.07, 6.45) is 7.38. The number of hydrogen-bond donors (Lipinski definition) is 1. The van der Waals surface area contributed by atoms with Crippen LogP contribution in [0.2, 0.25) is 0 Å². The van der Waals surface area contributed by atoms with Crippen LogP contribution >= 0.6 is 11.8 Å². The Kier molecular flexibility index (Phi) is 5.81. The molecule has 2 heterocycles. The monoisotopic (exact) mass is 416 g/mol. The van der Waals surface area contributed by atoms with Crippen molar-refractivity contribution in [2.24, 2.45) is 0 Å². The molecule has 0 aliphatic heterocycles. The van der Waals surface area contributed by atoms with Gasteiger partial charge in [0, 0.05) is 41.6 Å². The van der Waals surface area contributed by atoms with Gasteiger partial charge < -0.3 is 9.88 Å². The maximum Gasteiger partial charge on any atom is 0.255 e. The molecule has 0 saturated heterocycles. The van der Waals surface area contributed by atoms with Gasteiger partial charge in [0.05, 0.1) is 6.54 Å². The fourth-order valence-electron chi connectivity index (χ4n) is 3.10. The predicted molar refractivity (Wildman–Crippen MR) is 120 cm³/mol. The molecule has 2 aromatic heterocycles. The lowest BCUT2D eigenvalue weighted by atomic mass is 10.1. The minimum absolute atomic E-state index is 0.0429. The van der Waals surface area contributed by atoms with E-state index < -0.39 is 0 Å². The van der Waals surface area contributed by atoms with Crippen LogP contribution in [0, 0.1) is 0 Å². The molecule has 0 radical (unpaired) electrons. The van der Waals surface area contributed by atoms with E-state index in [0.717, 1.165) is 16.4 Å². The van der Waals surface area contributed by atoms with E-state index in [1.165, 1.54) is 6.07 Å². The maximum absolute atomic E-state index is 12.6. The molecule has 0 atom stereocenters. The van der Waals surface area contributed by atoms with Gasteiger partial charge in [-0.05, 0) is 54.3 Å². The Hall–Kier alpha value is -3.58. The lowest BCUT2D eigenvalue weighted by Gasteiger charge is -2.09. The van der Waals surface area contributed by atoms with Crippen molar-refractivity contribution in [1.29, 1.82) is 0 Å². The zero-order valence-corrected chi connectivity index (χ0v) is 17.2. The van der Waals surface area contributed by atoms with Crippen LogP contribution in [-0.2, 0) is 6.54 Å². The summed E-state index contributed by atoms with van der Waals surface area (Å²) in [7, 11) is 0. The van der Waals surface area contributed by atoms with Crippen LogP contribution in [0.4, 0.5) is 5.69 Å². The molecule has 0 bridgehead atoms. The van der Waals surface area contributed by atoms with Gasteiger partial charge in [0.2, 0.25) is 0 Å². The minimum Gasteiger partial charge on any atom is -0.322 e. The molecule has 7 heteroatoms. The molecule has 0 saturated carbocycles. The summed E-state index contributed by atoms with van der Waals surface area (Å²) < 4.78 is 3.61. The van der Waals surface area contributed by atoms with Crippen molar-refractivity contribution in [3.8, 4) is 5.69 Å². The number of carbonyl (C=O) groups excluding carboxylic acids is 1. The molecule has 0 unspecified atom stereocenters. The van der Waals surface area contributed by atoms with Crippen molar-refractivity contribution in [2.45, 2.75) is 11.7 Å². The number of benzene rings is 2. The fraction of sp³-hybridized carbons (Fsp3) is 0.0870. The Morgan fingerprint density at radius 3 is 2.47 bits per heavy atom. The Balaban J connectivity index is 1.42. The Morgan fingerprint density at radius 2 is 1.77 bits per heavy atom. The van der Waals surface area contributed by atoms with Gasteiger partial charge in [-0.1, -0.05) is 30.0 Å². The van der Waals surface area contributed by atoms with E-state index in [0.29, 0.717) is 17.8 Å². The molecule has 4 aromatic rings. The number of hydrogen-bond acceptors (Lipinski definition) is 4. The molecular weight excluding hydrogens is 396 g/mol. The van der Waals surface area contributed by atoms with Gasteiger partial charge >= 0.3 is 0 Å². The molecule has 0 spiro atoms. The van der Waals surface area contributed by atoms with Gasteiger partial charge in [0.15, 0.2) is 5.16 Å². The highest BCUT2D eigenvalue weighted by Crippen LogP contribution is 2.19. The molecule has 4 rings (SSSR count). The zero-order valence-electron chi connectivity index (χ0n) is 16.4. The standard InChI is InChI=1S/C23H20N4O2S/c1-30-23-24-13-15-27(23)20-11-7-18(8-12-20)22(29)25-19-9-5-17(6-10-19)16-26-14-3-2-4-21(26)28/h2-15H,16H2,1H3,(H,25,29). The van der Waals surface area contributed by atoms with Gasteiger partial charge in [0.25, 0.3) is 11.5 Å². The van der Waals surface area contributed by atoms with Crippen LogP contribution in [0.5, 0.6) is 0 Å². The van der Waals surface area contributed by atoms with E-state index in [1.54, 1.807) is 46.9 Å². The third kappa shape index (κ3) is 4.36. The number of carbonyl (C=O) groups is 1. The number of nitrogens with one attached hydrogen (secondary N) is 1. The van der Waals surface area contributed by atoms with E-state index in [4.69, 9.17) is 0 Å². The van der Waals surface area contributed by atoms with E-state index in [-0.39, 0.29) is 11.5 Å². The predicted octanol–water partition coefficient (Wildman–Crippen LogP) is 4.06. The SMILES string of the molecule is CSc1nccn1-c1ccc(C(=O)Nc2ccc(Cn3ccccc3=O)cc2)cc1. The lowest BCUT2D eigenvalue weighted by molar-refractivity contribution is 0.102. The van der Waals surface area contributed by atoms with Gasteiger partial charge in [0.1, 0.15) is 0 Å². The summed E-state index contributed by atoms with van der Waals surface area (Å²) in [6.45, 7) is 0.488. The third-order valence-corrected chi connectivity index (χ3v) is 5.33. The van der Waals surface area contributed by atoms with Crippen LogP contribution < -0.4 is 10.9 Å². The second kappa shape index (κ2) is 8.84. The normalized spacial score (nSPS) is 10.7. The van der Waals surface area contributed by atoms with E-state index >= 15 is 0 Å². The Bertz CT molecular complexity index is 1210. The molecule has 1 N–H and O–H groups in total. The topological polar surface area (TPSA) is 68.9 Å². The van der Waals surface area contributed by atoms with E-state index in [1.807, 2.05) is 59.5 Å². The van der Waals surface area contributed by atoms with Crippen LogP contribution in [0.25, 0.3) is 5.69 Å². The first-order valence-corrected chi connectivity index (χ1v) is 10.6. The van der Waals surface area contributed by atoms with Crippen LogP contribution in [0.3, 0.4) is 0 Å². The Morgan fingerprint density at radius 1 is 1.00 bits per heavy atom. The highest BCUT2D eigenvalue weighted by atomic mass is 32.2. The number of rotatable bonds is 6. The van der Waals surface area contributed by atoms with Crippen molar-refractivity contribution >= 4 is 23.4 Å². The summed E-state index contributed by atoms with van der Waals surface area (Å²) in [6, 6.07) is 20.0. The third-order valence-electron chi connectivity index (χ3n) is 4.66. The van der Waals surface area contributed by atoms with Crippen molar-refractivity contribution in [3.63, 3.8) is 0 Å². The van der Waals surface area contributed by atoms with Gasteiger partial charge in [-0.2, -0.15) is 0 Å².